The second-order valence-electron chi connectivity index (χ2n) is 9.23. The van der Waals surface area contributed by atoms with E-state index in [1.807, 2.05) is 46.8 Å². The Morgan fingerprint density at radius 3 is 2.32 bits per heavy atom. The average Bonchev–Trinajstić information content (AvgIpc) is 2.92. The number of ether oxygens (including phenoxy) is 1. The molecule has 31 heavy (non-hydrogen) atoms. The third-order valence-corrected chi connectivity index (χ3v) is 6.00. The fourth-order valence-corrected chi connectivity index (χ4v) is 4.41. The fraction of sp³-hybridized carbons (Fsp3) is 0.667. The maximum atomic E-state index is 12.7. The van der Waals surface area contributed by atoms with Gasteiger partial charge in [0.05, 0.1) is 23.8 Å². The van der Waals surface area contributed by atoms with Crippen LogP contribution in [0.15, 0.2) is 24.3 Å². The number of likely N-dealkylation sites (tertiary alicyclic amines) is 1. The smallest absolute Gasteiger partial charge is 0.247 e. The van der Waals surface area contributed by atoms with Crippen molar-refractivity contribution < 1.29 is 14.3 Å². The van der Waals surface area contributed by atoms with Gasteiger partial charge in [-0.25, -0.2) is 0 Å². The summed E-state index contributed by atoms with van der Waals surface area (Å²) >= 11 is 0. The van der Waals surface area contributed by atoms with E-state index < -0.39 is 0 Å². The first-order valence-corrected chi connectivity index (χ1v) is 11.6. The molecule has 2 amide bonds. The Hall–Kier alpha value is -2.12. The van der Waals surface area contributed by atoms with E-state index in [4.69, 9.17) is 4.74 Å². The monoisotopic (exact) mass is 430 g/mol. The first-order chi connectivity index (χ1) is 14.8. The molecule has 2 fully saturated rings. The van der Waals surface area contributed by atoms with Gasteiger partial charge in [-0.2, -0.15) is 0 Å². The van der Waals surface area contributed by atoms with Crippen LogP contribution in [0.1, 0.15) is 41.0 Å². The third kappa shape index (κ3) is 5.77. The highest BCUT2D eigenvalue weighted by Gasteiger charge is 2.44. The predicted octanol–water partition coefficient (Wildman–Crippen LogP) is 2.36. The lowest BCUT2D eigenvalue weighted by molar-refractivity contribution is -0.139. The number of nitrogens with one attached hydrogen (secondary N) is 1. The molecule has 0 spiro atoms. The van der Waals surface area contributed by atoms with Gasteiger partial charge in [-0.1, -0.05) is 32.9 Å². The Balaban J connectivity index is 1.46. The second-order valence-corrected chi connectivity index (χ2v) is 9.23. The molecule has 0 aliphatic carbocycles. The zero-order valence-electron chi connectivity index (χ0n) is 19.6. The summed E-state index contributed by atoms with van der Waals surface area (Å²) in [4.78, 5) is 31.5. The number of hydrogen-bond acceptors (Lipinski definition) is 6. The Labute approximate surface area is 186 Å². The molecule has 1 aromatic carbocycles. The van der Waals surface area contributed by atoms with Crippen molar-refractivity contribution in [1.29, 1.82) is 0 Å². The van der Waals surface area contributed by atoms with Crippen LogP contribution < -0.4 is 15.0 Å². The van der Waals surface area contributed by atoms with Crippen LogP contribution in [0.2, 0.25) is 0 Å². The number of hydrogen-bond donors (Lipinski definition) is 1. The first-order valence-electron chi connectivity index (χ1n) is 11.6. The first kappa shape index (κ1) is 23.5. The van der Waals surface area contributed by atoms with Crippen LogP contribution in [-0.4, -0.2) is 79.1 Å². The number of benzene rings is 1. The number of anilines is 1. The lowest BCUT2D eigenvalue weighted by atomic mass is 10.0. The summed E-state index contributed by atoms with van der Waals surface area (Å²) in [5.41, 5.74) is 1.15. The maximum absolute atomic E-state index is 12.7. The van der Waals surface area contributed by atoms with E-state index in [0.717, 1.165) is 50.6 Å². The number of para-hydroxylation sites is 2. The normalized spacial score (nSPS) is 22.8. The predicted molar refractivity (Wildman–Crippen MR) is 123 cm³/mol. The van der Waals surface area contributed by atoms with Crippen molar-refractivity contribution in [2.45, 2.75) is 59.2 Å². The maximum Gasteiger partial charge on any atom is 0.247 e. The lowest BCUT2D eigenvalue weighted by Gasteiger charge is -2.37. The molecule has 3 rings (SSSR count). The highest BCUT2D eigenvalue weighted by Crippen LogP contribution is 2.29. The molecule has 2 saturated heterocycles. The van der Waals surface area contributed by atoms with E-state index >= 15 is 0 Å². The van der Waals surface area contributed by atoms with Crippen LogP contribution in [0.5, 0.6) is 5.75 Å². The van der Waals surface area contributed by atoms with Gasteiger partial charge in [0.1, 0.15) is 5.75 Å². The molecule has 0 radical (unpaired) electrons. The standard InChI is InChI=1S/C24H38N4O3/c1-17(2)25-22-19(5)23(29)28(24(22)30)12-8-11-26-13-15-27(16-14-26)20-9-6-7-10-21(20)31-18(3)4/h6-7,9-10,17-19,22,25H,8,11-16H2,1-5H3. The number of carbonyl (C=O) groups excluding carboxylic acids is 2. The fourth-order valence-electron chi connectivity index (χ4n) is 4.41. The van der Waals surface area contributed by atoms with Crippen LogP contribution in [0.25, 0.3) is 0 Å². The molecule has 2 heterocycles. The summed E-state index contributed by atoms with van der Waals surface area (Å²) in [7, 11) is 0. The number of amides is 2. The minimum atomic E-state index is -0.385. The topological polar surface area (TPSA) is 65.1 Å². The van der Waals surface area contributed by atoms with E-state index in [-0.39, 0.29) is 35.9 Å². The molecule has 172 valence electrons. The minimum Gasteiger partial charge on any atom is -0.489 e. The van der Waals surface area contributed by atoms with Crippen molar-refractivity contribution in [1.82, 2.24) is 15.1 Å². The number of nitrogens with zero attached hydrogens (tertiary/aromatic N) is 3. The van der Waals surface area contributed by atoms with Crippen molar-refractivity contribution in [2.24, 2.45) is 5.92 Å². The van der Waals surface area contributed by atoms with Gasteiger partial charge in [0.15, 0.2) is 0 Å². The van der Waals surface area contributed by atoms with E-state index in [1.54, 1.807) is 0 Å². The van der Waals surface area contributed by atoms with Gasteiger partial charge in [0.25, 0.3) is 0 Å². The van der Waals surface area contributed by atoms with Crippen LogP contribution >= 0.6 is 0 Å². The summed E-state index contributed by atoms with van der Waals surface area (Å²) < 4.78 is 5.98. The molecule has 7 nitrogen and oxygen atoms in total. The van der Waals surface area contributed by atoms with Crippen molar-refractivity contribution in [3.63, 3.8) is 0 Å². The second kappa shape index (κ2) is 10.5. The molecule has 1 N–H and O–H groups in total. The van der Waals surface area contributed by atoms with Gasteiger partial charge >= 0.3 is 0 Å². The highest BCUT2D eigenvalue weighted by atomic mass is 16.5. The molecule has 2 unspecified atom stereocenters. The van der Waals surface area contributed by atoms with Gasteiger partial charge < -0.3 is 15.0 Å². The van der Waals surface area contributed by atoms with Crippen molar-refractivity contribution in [3.05, 3.63) is 24.3 Å². The van der Waals surface area contributed by atoms with Crippen molar-refractivity contribution in [3.8, 4) is 5.75 Å². The molecule has 2 aliphatic rings. The van der Waals surface area contributed by atoms with Gasteiger partial charge in [0.2, 0.25) is 11.8 Å². The van der Waals surface area contributed by atoms with Gasteiger partial charge in [0, 0.05) is 38.8 Å². The van der Waals surface area contributed by atoms with Crippen LogP contribution in [0.4, 0.5) is 5.69 Å². The van der Waals surface area contributed by atoms with Crippen molar-refractivity contribution in [2.75, 3.05) is 44.2 Å². The minimum absolute atomic E-state index is 0.0465. The van der Waals surface area contributed by atoms with Crippen LogP contribution in [0, 0.1) is 5.92 Å². The molecule has 0 saturated carbocycles. The number of imide groups is 1. The summed E-state index contributed by atoms with van der Waals surface area (Å²) in [6, 6.07) is 8.03. The van der Waals surface area contributed by atoms with E-state index in [1.165, 1.54) is 4.90 Å². The zero-order valence-corrected chi connectivity index (χ0v) is 19.6. The Morgan fingerprint density at radius 1 is 1.00 bits per heavy atom. The molecule has 2 atom stereocenters. The molecule has 0 aromatic heterocycles. The summed E-state index contributed by atoms with van der Waals surface area (Å²) in [5, 5.41) is 3.24. The summed E-state index contributed by atoms with van der Waals surface area (Å²) in [5.74, 6) is 0.537. The number of carbonyl (C=O) groups is 2. The van der Waals surface area contributed by atoms with E-state index in [0.29, 0.717) is 6.54 Å². The van der Waals surface area contributed by atoms with Gasteiger partial charge in [-0.3, -0.25) is 19.4 Å². The SMILES string of the molecule is CC(C)NC1C(=O)N(CCCN2CCN(c3ccccc3OC(C)C)CC2)C(=O)C1C. The van der Waals surface area contributed by atoms with Crippen molar-refractivity contribution >= 4 is 17.5 Å². The number of rotatable bonds is 9. The van der Waals surface area contributed by atoms with Crippen LogP contribution in [0.3, 0.4) is 0 Å². The summed E-state index contributed by atoms with van der Waals surface area (Å²) in [6.07, 6.45) is 0.961. The molecule has 2 aliphatic heterocycles. The molecule has 0 bridgehead atoms. The van der Waals surface area contributed by atoms with Gasteiger partial charge in [-0.15, -0.1) is 0 Å². The highest BCUT2D eigenvalue weighted by molar-refractivity contribution is 6.06. The largest absolute Gasteiger partial charge is 0.489 e. The lowest BCUT2D eigenvalue weighted by Crippen LogP contribution is -2.47. The number of piperazine rings is 1. The van der Waals surface area contributed by atoms with Crippen LogP contribution in [-0.2, 0) is 9.59 Å². The average molecular weight is 431 g/mol. The molecule has 7 heteroatoms. The summed E-state index contributed by atoms with van der Waals surface area (Å²) in [6.45, 7) is 15.2. The Morgan fingerprint density at radius 2 is 1.68 bits per heavy atom. The quantitative estimate of drug-likeness (QED) is 0.607. The molecular formula is C24H38N4O3. The van der Waals surface area contributed by atoms with Gasteiger partial charge in [-0.05, 0) is 38.9 Å². The Bertz CT molecular complexity index is 759. The zero-order chi connectivity index (χ0) is 22.5. The molecular weight excluding hydrogens is 392 g/mol. The Kier molecular flexibility index (Phi) is 7.94. The molecule has 1 aromatic rings. The van der Waals surface area contributed by atoms with E-state index in [9.17, 15) is 9.59 Å². The third-order valence-electron chi connectivity index (χ3n) is 6.00. The van der Waals surface area contributed by atoms with E-state index in [2.05, 4.69) is 27.2 Å².